The van der Waals surface area contributed by atoms with Gasteiger partial charge in [-0.05, 0) is 18.6 Å². The van der Waals surface area contributed by atoms with Crippen molar-refractivity contribution in [3.8, 4) is 0 Å². The third-order valence-electron chi connectivity index (χ3n) is 2.10. The van der Waals surface area contributed by atoms with Gasteiger partial charge in [-0.15, -0.1) is 0 Å². The molecule has 6 heteroatoms. The molecule has 0 radical (unpaired) electrons. The minimum atomic E-state index is -1.10. The second-order valence-corrected chi connectivity index (χ2v) is 3.47. The monoisotopic (exact) mass is 248 g/mol. The van der Waals surface area contributed by atoms with Crippen molar-refractivity contribution in [1.29, 1.82) is 0 Å². The normalized spacial score (nSPS) is 9.39. The van der Waals surface area contributed by atoms with Gasteiger partial charge in [0.2, 0.25) is 0 Å². The molecule has 0 aliphatic heterocycles. The van der Waals surface area contributed by atoms with Crippen LogP contribution in [-0.2, 0) is 9.59 Å². The number of benzene rings is 1. The molecule has 2 amide bonds. The molecule has 0 bridgehead atoms. The lowest BCUT2D eigenvalue weighted by Gasteiger charge is -1.97. The molecule has 1 heterocycles. The first-order valence-electron chi connectivity index (χ1n) is 5.00. The van der Waals surface area contributed by atoms with Crippen molar-refractivity contribution >= 4 is 22.8 Å². The van der Waals surface area contributed by atoms with Crippen LogP contribution in [0, 0.1) is 6.92 Å². The first kappa shape index (κ1) is 13.4. The van der Waals surface area contributed by atoms with Crippen molar-refractivity contribution in [3.63, 3.8) is 0 Å². The number of amides is 2. The molecular formula is C12H12N2O4. The predicted octanol–water partition coefficient (Wildman–Crippen LogP) is 0.0584. The largest absolute Gasteiger partial charge is 0.423 e. The molecule has 0 atom stereocenters. The predicted molar refractivity (Wildman–Crippen MR) is 65.6 cm³/mol. The van der Waals surface area contributed by atoms with Crippen LogP contribution in [0.3, 0.4) is 0 Å². The molecule has 2 rings (SSSR count). The number of aryl methyl sites for hydroxylation is 1. The van der Waals surface area contributed by atoms with Gasteiger partial charge in [0.15, 0.2) is 0 Å². The summed E-state index contributed by atoms with van der Waals surface area (Å²) in [6, 6.07) is 9.01. The van der Waals surface area contributed by atoms with Gasteiger partial charge in [-0.25, -0.2) is 4.79 Å². The van der Waals surface area contributed by atoms with E-state index in [1.165, 1.54) is 6.07 Å². The number of para-hydroxylation sites is 1. The maximum atomic E-state index is 10.9. The first-order chi connectivity index (χ1) is 8.41. The van der Waals surface area contributed by atoms with Gasteiger partial charge in [-0.1, -0.05) is 18.2 Å². The molecule has 0 fully saturated rings. The van der Waals surface area contributed by atoms with Gasteiger partial charge in [-0.3, -0.25) is 9.59 Å². The molecule has 0 aliphatic rings. The molecule has 0 aliphatic carbocycles. The van der Waals surface area contributed by atoms with Gasteiger partial charge in [0.1, 0.15) is 5.58 Å². The minimum Gasteiger partial charge on any atom is -0.423 e. The van der Waals surface area contributed by atoms with Crippen LogP contribution in [0.4, 0.5) is 0 Å². The molecule has 18 heavy (non-hydrogen) atoms. The fourth-order valence-corrected chi connectivity index (χ4v) is 1.27. The zero-order chi connectivity index (χ0) is 13.7. The molecule has 0 saturated heterocycles. The Labute approximate surface area is 102 Å². The van der Waals surface area contributed by atoms with E-state index in [1.807, 2.05) is 25.1 Å². The van der Waals surface area contributed by atoms with Crippen molar-refractivity contribution < 1.29 is 14.0 Å². The molecule has 1 aromatic carbocycles. The van der Waals surface area contributed by atoms with Crippen LogP contribution in [0.15, 0.2) is 39.5 Å². The number of hydrogen-bond donors (Lipinski definition) is 2. The number of primary amides is 2. The summed E-state index contributed by atoms with van der Waals surface area (Å²) in [5, 5.41) is 0.997. The summed E-state index contributed by atoms with van der Waals surface area (Å²) >= 11 is 0. The second-order valence-electron chi connectivity index (χ2n) is 3.47. The maximum Gasteiger partial charge on any atom is 0.336 e. The van der Waals surface area contributed by atoms with Gasteiger partial charge < -0.3 is 15.9 Å². The molecule has 1 aromatic heterocycles. The van der Waals surface area contributed by atoms with E-state index < -0.39 is 11.8 Å². The lowest BCUT2D eigenvalue weighted by molar-refractivity contribution is -0.135. The minimum absolute atomic E-state index is 0.286. The Kier molecular flexibility index (Phi) is 4.20. The zero-order valence-corrected chi connectivity index (χ0v) is 9.67. The summed E-state index contributed by atoms with van der Waals surface area (Å²) in [6.45, 7) is 1.90. The Morgan fingerprint density at radius 2 is 1.67 bits per heavy atom. The molecule has 4 N–H and O–H groups in total. The Morgan fingerprint density at radius 3 is 2.22 bits per heavy atom. The van der Waals surface area contributed by atoms with Gasteiger partial charge in [0, 0.05) is 11.5 Å². The summed E-state index contributed by atoms with van der Waals surface area (Å²) in [6.07, 6.45) is 0. The number of hydrogen-bond acceptors (Lipinski definition) is 4. The van der Waals surface area contributed by atoms with E-state index in [-0.39, 0.29) is 5.63 Å². The number of nitrogens with two attached hydrogens (primary N) is 2. The second kappa shape index (κ2) is 5.62. The molecule has 0 spiro atoms. The highest BCUT2D eigenvalue weighted by atomic mass is 16.4. The lowest BCUT2D eigenvalue weighted by atomic mass is 10.1. The number of carbonyl (C=O) groups is 2. The van der Waals surface area contributed by atoms with E-state index in [0.29, 0.717) is 5.58 Å². The van der Waals surface area contributed by atoms with E-state index >= 15 is 0 Å². The van der Waals surface area contributed by atoms with Crippen LogP contribution in [-0.4, -0.2) is 11.8 Å². The molecule has 6 nitrogen and oxygen atoms in total. The summed E-state index contributed by atoms with van der Waals surface area (Å²) in [7, 11) is 0. The molecule has 94 valence electrons. The van der Waals surface area contributed by atoms with E-state index in [2.05, 4.69) is 11.5 Å². The van der Waals surface area contributed by atoms with E-state index in [1.54, 1.807) is 6.07 Å². The molecular weight excluding hydrogens is 236 g/mol. The molecule has 0 saturated carbocycles. The van der Waals surface area contributed by atoms with Crippen molar-refractivity contribution in [1.82, 2.24) is 0 Å². The lowest BCUT2D eigenvalue weighted by Crippen LogP contribution is -2.29. The van der Waals surface area contributed by atoms with Crippen LogP contribution in [0.5, 0.6) is 0 Å². The third kappa shape index (κ3) is 3.44. The average molecular weight is 248 g/mol. The fraction of sp³-hybridized carbons (Fsp3) is 0.0833. The summed E-state index contributed by atoms with van der Waals surface area (Å²) in [4.78, 5) is 29.8. The highest BCUT2D eigenvalue weighted by Crippen LogP contribution is 2.14. The Hall–Kier alpha value is -2.63. The number of carbonyl (C=O) groups excluding carboxylic acids is 2. The Morgan fingerprint density at radius 1 is 1.11 bits per heavy atom. The SMILES string of the molecule is Cc1cc(=O)oc2ccccc12.NC(=O)C(N)=O. The third-order valence-corrected chi connectivity index (χ3v) is 2.10. The van der Waals surface area contributed by atoms with Crippen LogP contribution in [0.25, 0.3) is 11.0 Å². The van der Waals surface area contributed by atoms with Gasteiger partial charge >= 0.3 is 17.4 Å². The Bertz CT molecular complexity index is 634. The summed E-state index contributed by atoms with van der Waals surface area (Å²) in [5.41, 5.74) is 9.97. The first-order valence-corrected chi connectivity index (χ1v) is 5.00. The van der Waals surface area contributed by atoms with Crippen molar-refractivity contribution in [3.05, 3.63) is 46.3 Å². The van der Waals surface area contributed by atoms with E-state index in [9.17, 15) is 14.4 Å². The number of fused-ring (bicyclic) bond motifs is 1. The summed E-state index contributed by atoms with van der Waals surface area (Å²) < 4.78 is 4.99. The van der Waals surface area contributed by atoms with Crippen LogP contribution in [0.2, 0.25) is 0 Å². The Balaban J connectivity index is 0.000000232. The molecule has 2 aromatic rings. The van der Waals surface area contributed by atoms with Crippen LogP contribution in [0.1, 0.15) is 5.56 Å². The van der Waals surface area contributed by atoms with Crippen molar-refractivity contribution in [2.75, 3.05) is 0 Å². The van der Waals surface area contributed by atoms with Gasteiger partial charge in [0.25, 0.3) is 0 Å². The average Bonchev–Trinajstić information content (AvgIpc) is 2.29. The fourth-order valence-electron chi connectivity index (χ4n) is 1.27. The van der Waals surface area contributed by atoms with E-state index in [0.717, 1.165) is 10.9 Å². The van der Waals surface area contributed by atoms with E-state index in [4.69, 9.17) is 4.42 Å². The van der Waals surface area contributed by atoms with Gasteiger partial charge in [-0.2, -0.15) is 0 Å². The smallest absolute Gasteiger partial charge is 0.336 e. The highest BCUT2D eigenvalue weighted by molar-refractivity contribution is 6.33. The topological polar surface area (TPSA) is 116 Å². The quantitative estimate of drug-likeness (QED) is 0.506. The molecule has 0 unspecified atom stereocenters. The summed E-state index contributed by atoms with van der Waals surface area (Å²) in [5.74, 6) is -2.20. The standard InChI is InChI=1S/C10H8O2.C2H4N2O2/c1-7-6-10(11)12-9-5-3-2-4-8(7)9;3-1(5)2(4)6/h2-6H,1H3;(H2,3,5)(H2,4,6). The highest BCUT2D eigenvalue weighted by Gasteiger charge is 1.98. The van der Waals surface area contributed by atoms with Crippen LogP contribution < -0.4 is 17.1 Å². The van der Waals surface area contributed by atoms with Gasteiger partial charge in [0.05, 0.1) is 0 Å². The van der Waals surface area contributed by atoms with Crippen LogP contribution >= 0.6 is 0 Å². The zero-order valence-electron chi connectivity index (χ0n) is 9.67. The van der Waals surface area contributed by atoms with Crippen molar-refractivity contribution in [2.45, 2.75) is 6.92 Å². The maximum absolute atomic E-state index is 10.9. The van der Waals surface area contributed by atoms with Crippen molar-refractivity contribution in [2.24, 2.45) is 11.5 Å². The number of rotatable bonds is 0.